The van der Waals surface area contributed by atoms with Crippen LogP contribution in [-0.2, 0) is 5.41 Å². The summed E-state index contributed by atoms with van der Waals surface area (Å²) in [5, 5.41) is 7.50. The average molecular weight is 918 g/mol. The van der Waals surface area contributed by atoms with Crippen molar-refractivity contribution >= 4 is 70.1 Å². The van der Waals surface area contributed by atoms with Gasteiger partial charge in [0.15, 0.2) is 0 Å². The van der Waals surface area contributed by atoms with Crippen molar-refractivity contribution < 1.29 is 0 Å². The maximum absolute atomic E-state index is 2.54. The van der Waals surface area contributed by atoms with Gasteiger partial charge in [0.05, 0.1) is 11.1 Å². The summed E-state index contributed by atoms with van der Waals surface area (Å²) >= 11 is 1.87. The van der Waals surface area contributed by atoms with Crippen molar-refractivity contribution in [3.05, 3.63) is 283 Å². The molecule has 1 nitrogen and oxygen atoms in total. The fraction of sp³-hybridized carbons (Fsp3) is 0.0145. The number of benzene rings is 12. The van der Waals surface area contributed by atoms with E-state index in [2.05, 4.69) is 266 Å². The second-order valence-electron chi connectivity index (χ2n) is 19.1. The Hall–Kier alpha value is -8.82. The molecule has 0 amide bonds. The zero-order valence-corrected chi connectivity index (χ0v) is 39.5. The number of para-hydroxylation sites is 1. The molecule has 2 aliphatic carbocycles. The Balaban J connectivity index is 1.02. The van der Waals surface area contributed by atoms with Gasteiger partial charge in [-0.2, -0.15) is 0 Å². The molecule has 2 aliphatic rings. The van der Waals surface area contributed by atoms with Crippen molar-refractivity contribution in [1.82, 2.24) is 0 Å². The van der Waals surface area contributed by atoms with E-state index in [9.17, 15) is 0 Å². The van der Waals surface area contributed by atoms with E-state index in [-0.39, 0.29) is 0 Å². The molecule has 2 heteroatoms. The number of thiophene rings is 1. The topological polar surface area (TPSA) is 3.24 Å². The third kappa shape index (κ3) is 5.99. The van der Waals surface area contributed by atoms with Gasteiger partial charge in [0, 0.05) is 37.1 Å². The maximum Gasteiger partial charge on any atom is 0.0725 e. The van der Waals surface area contributed by atoms with Crippen LogP contribution in [0.2, 0.25) is 0 Å². The first-order valence-corrected chi connectivity index (χ1v) is 25.4. The first kappa shape index (κ1) is 40.1. The standard InChI is InChI=1S/C69H43NS/c1-3-18-46-38-48(34-32-44(46)16-1)50-40-51(49-35-33-45-17-2-4-19-47(45)39-49)42-53(41-50)70(65-29-13-8-23-57(65)58-25-15-31-67-68(58)59-24-9-14-30-66(59)71-67)52-36-37-64-60(43-52)56-22-7-12-28-63(56)69(64)61-26-10-5-20-54(61)55-21-6-11-27-62(55)69/h1-43H. The van der Waals surface area contributed by atoms with Gasteiger partial charge in [-0.05, 0) is 155 Å². The summed E-state index contributed by atoms with van der Waals surface area (Å²) in [7, 11) is 0. The van der Waals surface area contributed by atoms with Crippen molar-refractivity contribution in [1.29, 1.82) is 0 Å². The highest BCUT2D eigenvalue weighted by molar-refractivity contribution is 7.25. The molecule has 0 radical (unpaired) electrons. The number of fused-ring (bicyclic) bond motifs is 15. The lowest BCUT2D eigenvalue weighted by Crippen LogP contribution is -2.25. The van der Waals surface area contributed by atoms with Crippen LogP contribution >= 0.6 is 11.3 Å². The van der Waals surface area contributed by atoms with Gasteiger partial charge in [-0.3, -0.25) is 0 Å². The van der Waals surface area contributed by atoms with Crippen LogP contribution in [0, 0.1) is 0 Å². The van der Waals surface area contributed by atoms with Gasteiger partial charge in [0.25, 0.3) is 0 Å². The zero-order valence-electron chi connectivity index (χ0n) is 38.7. The van der Waals surface area contributed by atoms with Crippen LogP contribution in [0.3, 0.4) is 0 Å². The number of rotatable bonds is 6. The second kappa shape index (κ2) is 15.6. The molecule has 0 saturated heterocycles. The van der Waals surface area contributed by atoms with Crippen LogP contribution in [0.4, 0.5) is 17.1 Å². The lowest BCUT2D eigenvalue weighted by atomic mass is 9.70. The van der Waals surface area contributed by atoms with Gasteiger partial charge >= 0.3 is 0 Å². The molecule has 15 rings (SSSR count). The molecular formula is C69H43NS. The highest BCUT2D eigenvalue weighted by atomic mass is 32.1. The Labute approximate surface area is 416 Å². The summed E-state index contributed by atoms with van der Waals surface area (Å²) in [6.07, 6.45) is 0. The second-order valence-corrected chi connectivity index (χ2v) is 20.2. The summed E-state index contributed by atoms with van der Waals surface area (Å²) in [6.45, 7) is 0. The highest BCUT2D eigenvalue weighted by Gasteiger charge is 2.51. The molecule has 1 heterocycles. The summed E-state index contributed by atoms with van der Waals surface area (Å²) in [6, 6.07) is 97.8. The van der Waals surface area contributed by atoms with Crippen LogP contribution < -0.4 is 4.90 Å². The third-order valence-corrected chi connectivity index (χ3v) is 16.6. The van der Waals surface area contributed by atoms with Gasteiger partial charge in [-0.25, -0.2) is 0 Å². The molecule has 12 aromatic carbocycles. The molecular weight excluding hydrogens is 875 g/mol. The fourth-order valence-corrected chi connectivity index (χ4v) is 13.5. The first-order valence-electron chi connectivity index (χ1n) is 24.6. The van der Waals surface area contributed by atoms with Gasteiger partial charge in [0.1, 0.15) is 0 Å². The molecule has 0 unspecified atom stereocenters. The van der Waals surface area contributed by atoms with E-state index in [0.717, 1.165) is 28.2 Å². The molecule has 13 aromatic rings. The fourth-order valence-electron chi connectivity index (χ4n) is 12.4. The number of nitrogens with zero attached hydrogens (tertiary/aromatic N) is 1. The Kier molecular flexibility index (Phi) is 8.81. The lowest BCUT2D eigenvalue weighted by Gasteiger charge is -2.32. The predicted octanol–water partition coefficient (Wildman–Crippen LogP) is 19.2. The minimum Gasteiger partial charge on any atom is -0.310 e. The summed E-state index contributed by atoms with van der Waals surface area (Å²) in [5.74, 6) is 0. The normalized spacial score (nSPS) is 12.9. The molecule has 0 fully saturated rings. The van der Waals surface area contributed by atoms with E-state index in [1.165, 1.54) is 108 Å². The van der Waals surface area contributed by atoms with Crippen molar-refractivity contribution in [2.75, 3.05) is 4.90 Å². The zero-order chi connectivity index (χ0) is 46.6. The van der Waals surface area contributed by atoms with Crippen LogP contribution in [0.1, 0.15) is 22.3 Å². The van der Waals surface area contributed by atoms with E-state index in [4.69, 9.17) is 0 Å². The number of hydrogen-bond acceptors (Lipinski definition) is 2. The largest absolute Gasteiger partial charge is 0.310 e. The van der Waals surface area contributed by atoms with Crippen molar-refractivity contribution in [3.63, 3.8) is 0 Å². The highest BCUT2D eigenvalue weighted by Crippen LogP contribution is 2.63. The van der Waals surface area contributed by atoms with Crippen LogP contribution in [0.5, 0.6) is 0 Å². The average Bonchev–Trinajstić information content (AvgIpc) is 4.08. The predicted molar refractivity (Wildman–Crippen MR) is 302 cm³/mol. The molecule has 0 saturated carbocycles. The quantitative estimate of drug-likeness (QED) is 0.161. The molecule has 0 bridgehead atoms. The van der Waals surface area contributed by atoms with Crippen LogP contribution in [0.15, 0.2) is 261 Å². The molecule has 1 spiro atoms. The molecule has 0 N–H and O–H groups in total. The molecule has 1 aromatic heterocycles. The van der Waals surface area contributed by atoms with Crippen molar-refractivity contribution in [2.45, 2.75) is 5.41 Å². The van der Waals surface area contributed by atoms with Crippen LogP contribution in [0.25, 0.3) is 97.4 Å². The number of hydrogen-bond donors (Lipinski definition) is 0. The maximum atomic E-state index is 2.54. The molecule has 0 aliphatic heterocycles. The van der Waals surface area contributed by atoms with E-state index in [0.29, 0.717) is 0 Å². The van der Waals surface area contributed by atoms with E-state index >= 15 is 0 Å². The Morgan fingerprint density at radius 1 is 0.282 bits per heavy atom. The minimum absolute atomic E-state index is 0.435. The van der Waals surface area contributed by atoms with Crippen molar-refractivity contribution in [3.8, 4) is 55.6 Å². The summed E-state index contributed by atoms with van der Waals surface area (Å²) in [4.78, 5) is 2.54. The van der Waals surface area contributed by atoms with Gasteiger partial charge in [-0.1, -0.05) is 200 Å². The van der Waals surface area contributed by atoms with Gasteiger partial charge in [-0.15, -0.1) is 11.3 Å². The Morgan fingerprint density at radius 2 is 0.775 bits per heavy atom. The Morgan fingerprint density at radius 3 is 1.42 bits per heavy atom. The lowest BCUT2D eigenvalue weighted by molar-refractivity contribution is 0.794. The first-order chi connectivity index (χ1) is 35.2. The molecule has 0 atom stereocenters. The monoisotopic (exact) mass is 917 g/mol. The van der Waals surface area contributed by atoms with Crippen molar-refractivity contribution in [2.24, 2.45) is 0 Å². The Bertz CT molecular complexity index is 4180. The van der Waals surface area contributed by atoms with Gasteiger partial charge in [0.2, 0.25) is 0 Å². The van der Waals surface area contributed by atoms with E-state index < -0.39 is 5.41 Å². The van der Waals surface area contributed by atoms with E-state index in [1.54, 1.807) is 0 Å². The molecule has 330 valence electrons. The summed E-state index contributed by atoms with van der Waals surface area (Å²) < 4.78 is 2.59. The number of anilines is 3. The minimum atomic E-state index is -0.435. The SMILES string of the molecule is c1ccc(N(c2cc(-c3ccc4ccccc4c3)cc(-c3ccc4ccccc4c3)c2)c2ccc3c(c2)-c2ccccc2C32c3ccccc3-c3ccccc32)c(-c2cccc3sc4ccccc4c23)c1. The molecule has 71 heavy (non-hydrogen) atoms. The van der Waals surface area contributed by atoms with Gasteiger partial charge < -0.3 is 4.90 Å². The van der Waals surface area contributed by atoms with E-state index in [1.807, 2.05) is 11.3 Å². The smallest absolute Gasteiger partial charge is 0.0725 e. The third-order valence-electron chi connectivity index (χ3n) is 15.4. The summed E-state index contributed by atoms with van der Waals surface area (Å²) in [5.41, 5.74) is 20.5. The van der Waals surface area contributed by atoms with Crippen LogP contribution in [-0.4, -0.2) is 0 Å².